The van der Waals surface area contributed by atoms with E-state index in [1.807, 2.05) is 6.92 Å². The number of aromatic nitrogens is 2. The number of nitrogens with zero attached hydrogens (tertiary/aromatic N) is 3. The Bertz CT molecular complexity index is 385. The lowest BCUT2D eigenvalue weighted by Gasteiger charge is -2.24. The topological polar surface area (TPSA) is 38.2 Å². The molecule has 1 heterocycles. The van der Waals surface area contributed by atoms with Gasteiger partial charge in [-0.2, -0.15) is 0 Å². The summed E-state index contributed by atoms with van der Waals surface area (Å²) in [5.41, 5.74) is 0.939. The van der Waals surface area contributed by atoms with E-state index in [9.17, 15) is 0 Å². The van der Waals surface area contributed by atoms with Gasteiger partial charge in [-0.3, -0.25) is 0 Å². The van der Waals surface area contributed by atoms with Crippen molar-refractivity contribution >= 4 is 17.4 Å². The lowest BCUT2D eigenvalue weighted by Crippen LogP contribution is -2.29. The van der Waals surface area contributed by atoms with Crippen molar-refractivity contribution in [3.8, 4) is 0 Å². The van der Waals surface area contributed by atoms with Crippen LogP contribution in [-0.4, -0.2) is 36.8 Å². The van der Waals surface area contributed by atoms with Gasteiger partial charge in [-0.05, 0) is 20.3 Å². The quantitative estimate of drug-likeness (QED) is 0.715. The van der Waals surface area contributed by atoms with Gasteiger partial charge in [0.15, 0.2) is 0 Å². The molecule has 1 rings (SSSR count). The van der Waals surface area contributed by atoms with E-state index in [-0.39, 0.29) is 0 Å². The fourth-order valence-corrected chi connectivity index (χ4v) is 1.96. The standard InChI is InChI=1S/C13H22ClN3O/c1-5-7-11-15-12(14)10(3)13(16-11)17(6-2)8-9-18-4/h5-9H2,1-4H3. The highest BCUT2D eigenvalue weighted by molar-refractivity contribution is 6.30. The molecule has 0 aliphatic rings. The molecule has 0 saturated carbocycles. The van der Waals surface area contributed by atoms with Crippen LogP contribution in [-0.2, 0) is 11.2 Å². The molecule has 18 heavy (non-hydrogen) atoms. The van der Waals surface area contributed by atoms with Crippen molar-refractivity contribution in [2.75, 3.05) is 31.7 Å². The largest absolute Gasteiger partial charge is 0.383 e. The molecule has 0 aliphatic heterocycles. The molecule has 4 nitrogen and oxygen atoms in total. The number of anilines is 1. The predicted octanol–water partition coefficient (Wildman–Crippen LogP) is 2.86. The summed E-state index contributed by atoms with van der Waals surface area (Å²) >= 11 is 6.18. The molecule has 0 atom stereocenters. The summed E-state index contributed by atoms with van der Waals surface area (Å²) in [6, 6.07) is 0. The third-order valence-electron chi connectivity index (χ3n) is 2.83. The van der Waals surface area contributed by atoms with Gasteiger partial charge in [0.2, 0.25) is 0 Å². The third-order valence-corrected chi connectivity index (χ3v) is 3.20. The molecule has 102 valence electrons. The Kier molecular flexibility index (Phi) is 6.36. The zero-order chi connectivity index (χ0) is 13.5. The second-order valence-electron chi connectivity index (χ2n) is 4.20. The zero-order valence-electron chi connectivity index (χ0n) is 11.7. The summed E-state index contributed by atoms with van der Waals surface area (Å²) in [6.45, 7) is 8.54. The molecule has 0 amide bonds. The lowest BCUT2D eigenvalue weighted by atomic mass is 10.2. The summed E-state index contributed by atoms with van der Waals surface area (Å²) in [6.07, 6.45) is 1.87. The van der Waals surface area contributed by atoms with Gasteiger partial charge >= 0.3 is 0 Å². The molecule has 0 aliphatic carbocycles. The maximum Gasteiger partial charge on any atom is 0.137 e. The first-order valence-corrected chi connectivity index (χ1v) is 6.78. The fourth-order valence-electron chi connectivity index (χ4n) is 1.78. The highest BCUT2D eigenvalue weighted by Gasteiger charge is 2.14. The van der Waals surface area contributed by atoms with Crippen LogP contribution in [0, 0.1) is 6.92 Å². The average Bonchev–Trinajstić information content (AvgIpc) is 2.36. The van der Waals surface area contributed by atoms with Crippen LogP contribution < -0.4 is 4.90 Å². The fraction of sp³-hybridized carbons (Fsp3) is 0.692. The number of methoxy groups -OCH3 is 1. The highest BCUT2D eigenvalue weighted by Crippen LogP contribution is 2.23. The Hall–Kier alpha value is -0.870. The molecule has 0 radical (unpaired) electrons. The monoisotopic (exact) mass is 271 g/mol. The van der Waals surface area contributed by atoms with E-state index in [0.29, 0.717) is 11.8 Å². The number of ether oxygens (including phenoxy) is 1. The van der Waals surface area contributed by atoms with Crippen LogP contribution >= 0.6 is 11.6 Å². The van der Waals surface area contributed by atoms with E-state index < -0.39 is 0 Å². The van der Waals surface area contributed by atoms with Crippen molar-refractivity contribution in [2.24, 2.45) is 0 Å². The molecule has 0 fully saturated rings. The van der Waals surface area contributed by atoms with Crippen LogP contribution in [0.15, 0.2) is 0 Å². The molecule has 0 aromatic carbocycles. The van der Waals surface area contributed by atoms with Crippen molar-refractivity contribution in [1.82, 2.24) is 9.97 Å². The van der Waals surface area contributed by atoms with E-state index in [0.717, 1.165) is 43.1 Å². The molecular weight excluding hydrogens is 250 g/mol. The molecular formula is C13H22ClN3O. The van der Waals surface area contributed by atoms with Gasteiger partial charge < -0.3 is 9.64 Å². The third kappa shape index (κ3) is 3.82. The number of hydrogen-bond acceptors (Lipinski definition) is 4. The summed E-state index contributed by atoms with van der Waals surface area (Å²) in [5.74, 6) is 1.75. The van der Waals surface area contributed by atoms with Crippen LogP contribution in [0.1, 0.15) is 31.7 Å². The van der Waals surface area contributed by atoms with Crippen molar-refractivity contribution in [1.29, 1.82) is 0 Å². The second kappa shape index (κ2) is 7.54. The van der Waals surface area contributed by atoms with E-state index in [4.69, 9.17) is 16.3 Å². The average molecular weight is 272 g/mol. The van der Waals surface area contributed by atoms with Gasteiger partial charge in [0.05, 0.1) is 6.61 Å². The molecule has 5 heteroatoms. The van der Waals surface area contributed by atoms with Gasteiger partial charge in [0.25, 0.3) is 0 Å². The first-order chi connectivity index (χ1) is 8.63. The second-order valence-corrected chi connectivity index (χ2v) is 4.56. The molecule has 0 bridgehead atoms. The molecule has 1 aromatic rings. The normalized spacial score (nSPS) is 10.7. The predicted molar refractivity (Wildman–Crippen MR) is 75.5 cm³/mol. The number of aryl methyl sites for hydroxylation is 1. The van der Waals surface area contributed by atoms with E-state index >= 15 is 0 Å². The zero-order valence-corrected chi connectivity index (χ0v) is 12.4. The lowest BCUT2D eigenvalue weighted by molar-refractivity contribution is 0.205. The molecule has 0 unspecified atom stereocenters. The van der Waals surface area contributed by atoms with Crippen LogP contribution in [0.3, 0.4) is 0 Å². The number of likely N-dealkylation sites (N-methyl/N-ethyl adjacent to an activating group) is 1. The van der Waals surface area contributed by atoms with Gasteiger partial charge in [-0.15, -0.1) is 0 Å². The summed E-state index contributed by atoms with van der Waals surface area (Å²) < 4.78 is 5.13. The Morgan fingerprint density at radius 2 is 2.00 bits per heavy atom. The Balaban J connectivity index is 3.03. The Labute approximate surface area is 114 Å². The highest BCUT2D eigenvalue weighted by atomic mass is 35.5. The van der Waals surface area contributed by atoms with Crippen LogP contribution in [0.4, 0.5) is 5.82 Å². The smallest absolute Gasteiger partial charge is 0.137 e. The van der Waals surface area contributed by atoms with E-state index in [1.54, 1.807) is 7.11 Å². The maximum absolute atomic E-state index is 6.18. The SMILES string of the molecule is CCCc1nc(Cl)c(C)c(N(CC)CCOC)n1. The van der Waals surface area contributed by atoms with Gasteiger partial charge in [-0.1, -0.05) is 18.5 Å². The first kappa shape index (κ1) is 15.2. The first-order valence-electron chi connectivity index (χ1n) is 6.40. The van der Waals surface area contributed by atoms with Crippen molar-refractivity contribution in [2.45, 2.75) is 33.6 Å². The van der Waals surface area contributed by atoms with E-state index in [1.165, 1.54) is 0 Å². The van der Waals surface area contributed by atoms with Crippen LogP contribution in [0.5, 0.6) is 0 Å². The van der Waals surface area contributed by atoms with Gasteiger partial charge in [0, 0.05) is 32.2 Å². The summed E-state index contributed by atoms with van der Waals surface area (Å²) in [5, 5.41) is 0.555. The minimum absolute atomic E-state index is 0.555. The van der Waals surface area contributed by atoms with Crippen molar-refractivity contribution in [3.05, 3.63) is 16.5 Å². The van der Waals surface area contributed by atoms with Gasteiger partial charge in [-0.25, -0.2) is 9.97 Å². The molecule has 0 N–H and O–H groups in total. The summed E-state index contributed by atoms with van der Waals surface area (Å²) in [7, 11) is 1.70. The van der Waals surface area contributed by atoms with Gasteiger partial charge in [0.1, 0.15) is 16.8 Å². The summed E-state index contributed by atoms with van der Waals surface area (Å²) in [4.78, 5) is 11.1. The van der Waals surface area contributed by atoms with Crippen molar-refractivity contribution < 1.29 is 4.74 Å². The Morgan fingerprint density at radius 1 is 1.28 bits per heavy atom. The van der Waals surface area contributed by atoms with Crippen LogP contribution in [0.25, 0.3) is 0 Å². The number of rotatable bonds is 7. The van der Waals surface area contributed by atoms with E-state index in [2.05, 4.69) is 28.7 Å². The van der Waals surface area contributed by atoms with Crippen LogP contribution in [0.2, 0.25) is 5.15 Å². The molecule has 1 aromatic heterocycles. The number of halogens is 1. The minimum atomic E-state index is 0.555. The minimum Gasteiger partial charge on any atom is -0.383 e. The Morgan fingerprint density at radius 3 is 2.56 bits per heavy atom. The number of hydrogen-bond donors (Lipinski definition) is 0. The molecule has 0 spiro atoms. The maximum atomic E-state index is 6.18. The van der Waals surface area contributed by atoms with Crippen molar-refractivity contribution in [3.63, 3.8) is 0 Å². The molecule has 0 saturated heterocycles.